The molecule has 94 valence electrons. The first kappa shape index (κ1) is 12.4. The van der Waals surface area contributed by atoms with Gasteiger partial charge in [-0.2, -0.15) is 0 Å². The second-order valence-electron chi connectivity index (χ2n) is 5.46. The first-order chi connectivity index (χ1) is 8.56. The van der Waals surface area contributed by atoms with E-state index in [0.717, 1.165) is 17.6 Å². The van der Waals surface area contributed by atoms with Crippen LogP contribution in [0.25, 0.3) is 10.4 Å². The van der Waals surface area contributed by atoms with Crippen LogP contribution in [-0.4, -0.2) is 6.54 Å². The molecule has 0 atom stereocenters. The Labute approximate surface area is 120 Å². The zero-order chi connectivity index (χ0) is 12.8. The van der Waals surface area contributed by atoms with Crippen molar-refractivity contribution in [3.05, 3.63) is 45.2 Å². The molecule has 0 spiro atoms. The number of hydrogen-bond acceptors (Lipinski definition) is 2. The van der Waals surface area contributed by atoms with Crippen LogP contribution in [-0.2, 0) is 12.0 Å². The van der Waals surface area contributed by atoms with Gasteiger partial charge in [0.2, 0.25) is 0 Å². The topological polar surface area (TPSA) is 12.0 Å². The van der Waals surface area contributed by atoms with Crippen molar-refractivity contribution in [3.8, 4) is 10.4 Å². The average Bonchev–Trinajstić information content (AvgIpc) is 2.75. The third-order valence-electron chi connectivity index (χ3n) is 3.43. The quantitative estimate of drug-likeness (QED) is 0.812. The highest BCUT2D eigenvalue weighted by molar-refractivity contribution is 9.10. The summed E-state index contributed by atoms with van der Waals surface area (Å²) >= 11 is 5.43. The smallest absolute Gasteiger partial charge is 0.0349 e. The summed E-state index contributed by atoms with van der Waals surface area (Å²) in [6, 6.07) is 10.9. The minimum atomic E-state index is 0.256. The largest absolute Gasteiger partial charge is 0.312 e. The predicted molar refractivity (Wildman–Crippen MR) is 82.2 cm³/mol. The Kier molecular flexibility index (Phi) is 3.08. The van der Waals surface area contributed by atoms with Gasteiger partial charge in [-0.15, -0.1) is 11.3 Å². The third-order valence-corrected chi connectivity index (χ3v) is 5.56. The first-order valence-electron chi connectivity index (χ1n) is 6.16. The van der Waals surface area contributed by atoms with Gasteiger partial charge < -0.3 is 5.32 Å². The Morgan fingerprint density at radius 3 is 2.61 bits per heavy atom. The zero-order valence-electron chi connectivity index (χ0n) is 10.6. The molecule has 0 aliphatic carbocycles. The Bertz CT molecular complexity index is 569. The second-order valence-corrected chi connectivity index (χ2v) is 7.43. The van der Waals surface area contributed by atoms with Crippen LogP contribution < -0.4 is 5.32 Å². The maximum atomic E-state index is 3.50. The maximum absolute atomic E-state index is 3.50. The molecule has 3 heteroatoms. The monoisotopic (exact) mass is 321 g/mol. The van der Waals surface area contributed by atoms with Crippen molar-refractivity contribution in [2.75, 3.05) is 6.54 Å². The molecule has 0 radical (unpaired) electrons. The SMILES string of the molecule is CC1(C)CNCc2cc(-c3ccc(Br)cc3)sc21. The van der Waals surface area contributed by atoms with Crippen LogP contribution in [0.5, 0.6) is 0 Å². The van der Waals surface area contributed by atoms with E-state index in [2.05, 4.69) is 65.4 Å². The Morgan fingerprint density at radius 2 is 1.94 bits per heavy atom. The Morgan fingerprint density at radius 1 is 1.22 bits per heavy atom. The van der Waals surface area contributed by atoms with Crippen LogP contribution in [0, 0.1) is 0 Å². The van der Waals surface area contributed by atoms with Crippen LogP contribution >= 0.6 is 27.3 Å². The lowest BCUT2D eigenvalue weighted by Crippen LogP contribution is -2.37. The van der Waals surface area contributed by atoms with Gasteiger partial charge in [0.1, 0.15) is 0 Å². The molecule has 1 N–H and O–H groups in total. The number of benzene rings is 1. The number of nitrogens with one attached hydrogen (secondary N) is 1. The molecule has 1 nitrogen and oxygen atoms in total. The van der Waals surface area contributed by atoms with Crippen LogP contribution in [0.1, 0.15) is 24.3 Å². The van der Waals surface area contributed by atoms with Crippen LogP contribution in [0.3, 0.4) is 0 Å². The number of halogens is 1. The van der Waals surface area contributed by atoms with Crippen LogP contribution in [0.15, 0.2) is 34.8 Å². The molecular weight excluding hydrogens is 306 g/mol. The van der Waals surface area contributed by atoms with Gasteiger partial charge in [-0.25, -0.2) is 0 Å². The van der Waals surface area contributed by atoms with Crippen molar-refractivity contribution in [1.82, 2.24) is 5.32 Å². The molecule has 0 unspecified atom stereocenters. The summed E-state index contributed by atoms with van der Waals surface area (Å²) in [5.41, 5.74) is 3.04. The van der Waals surface area contributed by atoms with Crippen molar-refractivity contribution >= 4 is 27.3 Å². The fraction of sp³-hybridized carbons (Fsp3) is 0.333. The fourth-order valence-corrected chi connectivity index (χ4v) is 4.03. The Hall–Kier alpha value is -0.640. The number of fused-ring (bicyclic) bond motifs is 1. The van der Waals surface area contributed by atoms with E-state index in [1.165, 1.54) is 16.0 Å². The van der Waals surface area contributed by atoms with Crippen molar-refractivity contribution in [2.45, 2.75) is 25.8 Å². The van der Waals surface area contributed by atoms with E-state index in [0.29, 0.717) is 0 Å². The summed E-state index contributed by atoms with van der Waals surface area (Å²) in [7, 11) is 0. The third kappa shape index (κ3) is 2.15. The summed E-state index contributed by atoms with van der Waals surface area (Å²) in [6.07, 6.45) is 0. The molecule has 0 amide bonds. The van der Waals surface area contributed by atoms with E-state index in [1.807, 2.05) is 11.3 Å². The summed E-state index contributed by atoms with van der Waals surface area (Å²) in [5, 5.41) is 3.50. The van der Waals surface area contributed by atoms with Crippen molar-refractivity contribution < 1.29 is 0 Å². The van der Waals surface area contributed by atoms with Gasteiger partial charge in [-0.3, -0.25) is 0 Å². The lowest BCUT2D eigenvalue weighted by molar-refractivity contribution is 0.445. The number of rotatable bonds is 1. The van der Waals surface area contributed by atoms with Gasteiger partial charge in [0, 0.05) is 32.7 Å². The van der Waals surface area contributed by atoms with Crippen molar-refractivity contribution in [3.63, 3.8) is 0 Å². The molecule has 1 aliphatic heterocycles. The maximum Gasteiger partial charge on any atom is 0.0349 e. The van der Waals surface area contributed by atoms with E-state index in [1.54, 1.807) is 4.88 Å². The van der Waals surface area contributed by atoms with Gasteiger partial charge >= 0.3 is 0 Å². The average molecular weight is 322 g/mol. The van der Waals surface area contributed by atoms with E-state index in [-0.39, 0.29) is 5.41 Å². The standard InChI is InChI=1S/C15H16BrNS/c1-15(2)9-17-8-11-7-13(18-14(11)15)10-3-5-12(16)6-4-10/h3-7,17H,8-9H2,1-2H3. The molecule has 1 aromatic heterocycles. The lowest BCUT2D eigenvalue weighted by Gasteiger charge is -2.30. The Balaban J connectivity index is 2.05. The summed E-state index contributed by atoms with van der Waals surface area (Å²) in [4.78, 5) is 2.92. The van der Waals surface area contributed by atoms with E-state index in [4.69, 9.17) is 0 Å². The van der Waals surface area contributed by atoms with Crippen LogP contribution in [0.2, 0.25) is 0 Å². The predicted octanol–water partition coefficient (Wildman–Crippen LogP) is 4.56. The number of thiophene rings is 1. The first-order valence-corrected chi connectivity index (χ1v) is 7.77. The van der Waals surface area contributed by atoms with Crippen molar-refractivity contribution in [1.29, 1.82) is 0 Å². The molecule has 2 aromatic rings. The minimum absolute atomic E-state index is 0.256. The highest BCUT2D eigenvalue weighted by Gasteiger charge is 2.29. The van der Waals surface area contributed by atoms with Gasteiger partial charge in [-0.05, 0) is 29.3 Å². The molecule has 3 rings (SSSR count). The van der Waals surface area contributed by atoms with E-state index < -0.39 is 0 Å². The molecule has 0 fully saturated rings. The van der Waals surface area contributed by atoms with E-state index in [9.17, 15) is 0 Å². The second kappa shape index (κ2) is 4.48. The molecule has 0 saturated heterocycles. The summed E-state index contributed by atoms with van der Waals surface area (Å²) in [6.45, 7) is 6.71. The van der Waals surface area contributed by atoms with E-state index >= 15 is 0 Å². The minimum Gasteiger partial charge on any atom is -0.312 e. The molecule has 2 heterocycles. The summed E-state index contributed by atoms with van der Waals surface area (Å²) < 4.78 is 1.13. The molecule has 1 aliphatic rings. The molecule has 0 bridgehead atoms. The lowest BCUT2D eigenvalue weighted by atomic mass is 9.86. The van der Waals surface area contributed by atoms with Crippen LogP contribution in [0.4, 0.5) is 0 Å². The molecule has 0 saturated carbocycles. The van der Waals surface area contributed by atoms with Gasteiger partial charge in [0.15, 0.2) is 0 Å². The summed E-state index contributed by atoms with van der Waals surface area (Å²) in [5.74, 6) is 0. The van der Waals surface area contributed by atoms with Gasteiger partial charge in [-0.1, -0.05) is 41.9 Å². The highest BCUT2D eigenvalue weighted by atomic mass is 79.9. The number of hydrogen-bond donors (Lipinski definition) is 1. The molecule has 18 heavy (non-hydrogen) atoms. The molecule has 1 aromatic carbocycles. The van der Waals surface area contributed by atoms with Gasteiger partial charge in [0.25, 0.3) is 0 Å². The van der Waals surface area contributed by atoms with Crippen molar-refractivity contribution in [2.24, 2.45) is 0 Å². The normalized spacial score (nSPS) is 17.5. The zero-order valence-corrected chi connectivity index (χ0v) is 13.0. The highest BCUT2D eigenvalue weighted by Crippen LogP contribution is 2.40. The molecular formula is C15H16BrNS. The fourth-order valence-electron chi connectivity index (χ4n) is 2.48. The van der Waals surface area contributed by atoms with Gasteiger partial charge in [0.05, 0.1) is 0 Å².